The minimum atomic E-state index is -1.26. The van der Waals surface area contributed by atoms with E-state index in [1.54, 1.807) is 19.9 Å². The van der Waals surface area contributed by atoms with Crippen molar-refractivity contribution in [2.24, 2.45) is 0 Å². The highest BCUT2D eigenvalue weighted by molar-refractivity contribution is 8.13. The summed E-state index contributed by atoms with van der Waals surface area (Å²) in [6.07, 6.45) is -2.42. The molecule has 0 aliphatic rings. The Morgan fingerprint density at radius 3 is 2.45 bits per heavy atom. The SMILES string of the molecule is CC(=O)SCC(O)C(O)c1cc([N+](=O)[O-])c(C)cc1C. The molecule has 6 nitrogen and oxygen atoms in total. The minimum Gasteiger partial charge on any atom is -0.389 e. The molecule has 0 saturated carbocycles. The average molecular weight is 299 g/mol. The van der Waals surface area contributed by atoms with E-state index >= 15 is 0 Å². The number of carbonyl (C=O) groups excluding carboxylic acids is 1. The van der Waals surface area contributed by atoms with Gasteiger partial charge in [-0.2, -0.15) is 0 Å². The molecule has 0 spiro atoms. The maximum atomic E-state index is 10.9. The molecule has 1 aromatic rings. The molecule has 1 rings (SSSR count). The summed E-state index contributed by atoms with van der Waals surface area (Å²) in [4.78, 5) is 21.2. The lowest BCUT2D eigenvalue weighted by atomic mass is 9.97. The number of aryl methyl sites for hydroxylation is 2. The van der Waals surface area contributed by atoms with E-state index in [1.807, 2.05) is 0 Å². The van der Waals surface area contributed by atoms with Crippen LogP contribution in [0, 0.1) is 24.0 Å². The van der Waals surface area contributed by atoms with Gasteiger partial charge in [0.2, 0.25) is 0 Å². The first kappa shape index (κ1) is 16.6. The summed E-state index contributed by atoms with van der Waals surface area (Å²) in [6.45, 7) is 4.69. The number of thioether (sulfide) groups is 1. The van der Waals surface area contributed by atoms with Crippen LogP contribution in [0.15, 0.2) is 12.1 Å². The molecule has 20 heavy (non-hydrogen) atoms. The van der Waals surface area contributed by atoms with E-state index in [-0.39, 0.29) is 16.6 Å². The zero-order valence-corrected chi connectivity index (χ0v) is 12.3. The van der Waals surface area contributed by atoms with Crippen molar-refractivity contribution >= 4 is 22.6 Å². The fraction of sp³-hybridized carbons (Fsp3) is 0.462. The highest BCUT2D eigenvalue weighted by Gasteiger charge is 2.24. The second-order valence-electron chi connectivity index (χ2n) is 4.57. The van der Waals surface area contributed by atoms with Crippen molar-refractivity contribution in [2.45, 2.75) is 33.0 Å². The first-order chi connectivity index (χ1) is 9.23. The molecule has 0 aromatic heterocycles. The average Bonchev–Trinajstić information content (AvgIpc) is 2.34. The Morgan fingerprint density at radius 1 is 1.35 bits per heavy atom. The van der Waals surface area contributed by atoms with E-state index in [1.165, 1.54) is 13.0 Å². The van der Waals surface area contributed by atoms with Crippen LogP contribution in [-0.4, -0.2) is 32.1 Å². The second-order valence-corrected chi connectivity index (χ2v) is 5.76. The number of nitro benzene ring substituents is 1. The zero-order valence-electron chi connectivity index (χ0n) is 11.5. The maximum absolute atomic E-state index is 10.9. The number of hydrogen-bond donors (Lipinski definition) is 2. The molecular formula is C13H17NO5S. The van der Waals surface area contributed by atoms with E-state index in [4.69, 9.17) is 0 Å². The molecule has 0 aliphatic carbocycles. The van der Waals surface area contributed by atoms with Gasteiger partial charge in [-0.15, -0.1) is 0 Å². The second kappa shape index (κ2) is 6.83. The molecule has 0 heterocycles. The number of nitro groups is 1. The summed E-state index contributed by atoms with van der Waals surface area (Å²) in [5.41, 5.74) is 1.36. The lowest BCUT2D eigenvalue weighted by molar-refractivity contribution is -0.385. The van der Waals surface area contributed by atoms with Gasteiger partial charge in [-0.3, -0.25) is 14.9 Å². The third-order valence-electron chi connectivity index (χ3n) is 2.92. The number of hydrogen-bond acceptors (Lipinski definition) is 6. The summed E-state index contributed by atoms with van der Waals surface area (Å²) < 4.78 is 0. The predicted molar refractivity (Wildman–Crippen MR) is 76.7 cm³/mol. The van der Waals surface area contributed by atoms with Crippen LogP contribution in [0.3, 0.4) is 0 Å². The fourth-order valence-electron chi connectivity index (χ4n) is 1.87. The van der Waals surface area contributed by atoms with Gasteiger partial charge >= 0.3 is 0 Å². The number of carbonyl (C=O) groups is 1. The van der Waals surface area contributed by atoms with Crippen molar-refractivity contribution in [3.63, 3.8) is 0 Å². The van der Waals surface area contributed by atoms with Crippen molar-refractivity contribution in [2.75, 3.05) is 5.75 Å². The molecule has 2 unspecified atom stereocenters. The van der Waals surface area contributed by atoms with E-state index in [0.717, 1.165) is 11.8 Å². The Labute approximate surface area is 121 Å². The Morgan fingerprint density at radius 2 is 1.95 bits per heavy atom. The Hall–Kier alpha value is -1.44. The van der Waals surface area contributed by atoms with E-state index in [2.05, 4.69) is 0 Å². The molecule has 0 saturated heterocycles. The van der Waals surface area contributed by atoms with Gasteiger partial charge in [0.25, 0.3) is 5.69 Å². The van der Waals surface area contributed by atoms with E-state index < -0.39 is 17.1 Å². The van der Waals surface area contributed by atoms with Gasteiger partial charge in [0.1, 0.15) is 6.10 Å². The van der Waals surface area contributed by atoms with Gasteiger partial charge in [-0.25, -0.2) is 0 Å². The Bertz CT molecular complexity index is 532. The summed E-state index contributed by atoms with van der Waals surface area (Å²) in [5, 5.41) is 30.7. The van der Waals surface area contributed by atoms with Crippen LogP contribution in [0.25, 0.3) is 0 Å². The van der Waals surface area contributed by atoms with Gasteiger partial charge in [-0.1, -0.05) is 11.8 Å². The van der Waals surface area contributed by atoms with E-state index in [0.29, 0.717) is 16.7 Å². The quantitative estimate of drug-likeness (QED) is 0.636. The summed E-state index contributed by atoms with van der Waals surface area (Å²) in [6, 6.07) is 2.87. The molecule has 7 heteroatoms. The highest BCUT2D eigenvalue weighted by Crippen LogP contribution is 2.29. The number of nitrogens with zero attached hydrogens (tertiary/aromatic N) is 1. The smallest absolute Gasteiger partial charge is 0.272 e. The molecule has 2 atom stereocenters. The van der Waals surface area contributed by atoms with Gasteiger partial charge in [0, 0.05) is 24.3 Å². The zero-order chi connectivity index (χ0) is 15.4. The topological polar surface area (TPSA) is 101 Å². The predicted octanol–water partition coefficient (Wildman–Crippen LogP) is 1.89. The number of rotatable bonds is 5. The first-order valence-electron chi connectivity index (χ1n) is 5.99. The normalized spacial score (nSPS) is 13.8. The van der Waals surface area contributed by atoms with Crippen LogP contribution in [0.1, 0.15) is 29.7 Å². The summed E-state index contributed by atoms with van der Waals surface area (Å²) >= 11 is 0.899. The molecule has 0 radical (unpaired) electrons. The van der Waals surface area contributed by atoms with Gasteiger partial charge in [-0.05, 0) is 31.0 Å². The highest BCUT2D eigenvalue weighted by atomic mass is 32.2. The van der Waals surface area contributed by atoms with Crippen LogP contribution in [0.2, 0.25) is 0 Å². The summed E-state index contributed by atoms with van der Waals surface area (Å²) in [5.74, 6) is 0.0393. The molecule has 0 aliphatic heterocycles. The Balaban J connectivity index is 3.02. The van der Waals surface area contributed by atoms with Crippen molar-refractivity contribution in [1.29, 1.82) is 0 Å². The van der Waals surface area contributed by atoms with Crippen molar-refractivity contribution in [3.05, 3.63) is 38.9 Å². The maximum Gasteiger partial charge on any atom is 0.272 e. The minimum absolute atomic E-state index is 0.0393. The largest absolute Gasteiger partial charge is 0.389 e. The molecule has 0 fully saturated rings. The number of aliphatic hydroxyl groups excluding tert-OH is 2. The van der Waals surface area contributed by atoms with E-state index in [9.17, 15) is 25.1 Å². The Kier molecular flexibility index (Phi) is 5.67. The molecular weight excluding hydrogens is 282 g/mol. The molecule has 1 aromatic carbocycles. The van der Waals surface area contributed by atoms with Crippen LogP contribution in [0.5, 0.6) is 0 Å². The van der Waals surface area contributed by atoms with Gasteiger partial charge < -0.3 is 10.2 Å². The van der Waals surface area contributed by atoms with Crippen molar-refractivity contribution in [3.8, 4) is 0 Å². The van der Waals surface area contributed by atoms with Crippen molar-refractivity contribution < 1.29 is 19.9 Å². The third kappa shape index (κ3) is 4.03. The number of aliphatic hydroxyl groups is 2. The standard InChI is InChI=1S/C13H17NO5S/c1-7-4-8(2)11(14(18)19)5-10(7)13(17)12(16)6-20-9(3)15/h4-5,12-13,16-17H,6H2,1-3H3. The third-order valence-corrected chi connectivity index (χ3v) is 3.84. The fourth-order valence-corrected chi connectivity index (χ4v) is 2.46. The van der Waals surface area contributed by atoms with Crippen LogP contribution >= 0.6 is 11.8 Å². The molecule has 110 valence electrons. The number of benzene rings is 1. The van der Waals surface area contributed by atoms with Crippen LogP contribution in [-0.2, 0) is 4.79 Å². The van der Waals surface area contributed by atoms with Crippen LogP contribution in [0.4, 0.5) is 5.69 Å². The molecule has 0 amide bonds. The van der Waals surface area contributed by atoms with Crippen LogP contribution < -0.4 is 0 Å². The molecule has 2 N–H and O–H groups in total. The summed E-state index contributed by atoms with van der Waals surface area (Å²) in [7, 11) is 0. The van der Waals surface area contributed by atoms with Gasteiger partial charge in [0.05, 0.1) is 11.0 Å². The lowest BCUT2D eigenvalue weighted by Gasteiger charge is -2.19. The first-order valence-corrected chi connectivity index (χ1v) is 6.97. The lowest BCUT2D eigenvalue weighted by Crippen LogP contribution is -2.22. The van der Waals surface area contributed by atoms with Gasteiger partial charge in [0.15, 0.2) is 5.12 Å². The molecule has 0 bridgehead atoms. The monoisotopic (exact) mass is 299 g/mol. The van der Waals surface area contributed by atoms with Crippen molar-refractivity contribution in [1.82, 2.24) is 0 Å².